The van der Waals surface area contributed by atoms with Gasteiger partial charge in [-0.15, -0.1) is 0 Å². The van der Waals surface area contributed by atoms with Crippen LogP contribution in [-0.2, 0) is 9.84 Å². The van der Waals surface area contributed by atoms with Crippen molar-refractivity contribution in [3.63, 3.8) is 0 Å². The van der Waals surface area contributed by atoms with Crippen molar-refractivity contribution in [2.24, 2.45) is 5.16 Å². The normalized spacial score (nSPS) is 13.9. The van der Waals surface area contributed by atoms with Crippen molar-refractivity contribution in [3.8, 4) is 5.75 Å². The second-order valence-electron chi connectivity index (χ2n) is 7.75. The Bertz CT molecular complexity index is 1460. The summed E-state index contributed by atoms with van der Waals surface area (Å²) in [7, 11) is -3.92. The van der Waals surface area contributed by atoms with Gasteiger partial charge in [-0.3, -0.25) is 9.59 Å². The molecule has 0 saturated heterocycles. The Hall–Kier alpha value is -3.90. The predicted octanol–water partition coefficient (Wildman–Crippen LogP) is 2.83. The van der Waals surface area contributed by atoms with Crippen LogP contribution in [0.4, 0.5) is 5.82 Å². The summed E-state index contributed by atoms with van der Waals surface area (Å²) in [6, 6.07) is 10.4. The molecule has 4 rings (SSSR count). The highest BCUT2D eigenvalue weighted by Gasteiger charge is 2.38. The van der Waals surface area contributed by atoms with Crippen molar-refractivity contribution in [2.75, 3.05) is 11.5 Å². The zero-order valence-corrected chi connectivity index (χ0v) is 20.2. The van der Waals surface area contributed by atoms with Crippen molar-refractivity contribution in [1.82, 2.24) is 14.8 Å². The maximum atomic E-state index is 13.0. The molecule has 2 heterocycles. The van der Waals surface area contributed by atoms with Gasteiger partial charge in [-0.05, 0) is 37.6 Å². The number of halogens is 1. The number of fused-ring (bicyclic) bond motifs is 1. The maximum absolute atomic E-state index is 13.0. The van der Waals surface area contributed by atoms with Crippen molar-refractivity contribution in [3.05, 3.63) is 69.9 Å². The van der Waals surface area contributed by atoms with Crippen LogP contribution in [0.3, 0.4) is 0 Å². The second-order valence-corrected chi connectivity index (χ2v) is 10.2. The van der Waals surface area contributed by atoms with Gasteiger partial charge in [-0.1, -0.05) is 40.0 Å². The molecule has 1 aliphatic rings. The van der Waals surface area contributed by atoms with Gasteiger partial charge in [0.1, 0.15) is 10.8 Å². The minimum atomic E-state index is -3.92. The summed E-state index contributed by atoms with van der Waals surface area (Å²) >= 11 is 6.01. The zero-order valence-electron chi connectivity index (χ0n) is 18.6. The monoisotopic (exact) mass is 517 g/mol. The zero-order chi connectivity index (χ0) is 25.5. The van der Waals surface area contributed by atoms with Gasteiger partial charge in [0, 0.05) is 12.5 Å². The smallest absolute Gasteiger partial charge is 0.295 e. The largest absolute Gasteiger partial charge is 0.409 e. The van der Waals surface area contributed by atoms with Crippen LogP contribution in [0.25, 0.3) is 0 Å². The first kappa shape index (κ1) is 24.2. The Balaban J connectivity index is 1.55. The van der Waals surface area contributed by atoms with E-state index < -0.39 is 27.4 Å². The van der Waals surface area contributed by atoms with E-state index in [1.807, 2.05) is 0 Å². The van der Waals surface area contributed by atoms with Crippen LogP contribution in [-0.4, -0.2) is 51.9 Å². The van der Waals surface area contributed by atoms with E-state index in [4.69, 9.17) is 22.2 Å². The lowest BCUT2D eigenvalue weighted by Crippen LogP contribution is -2.33. The van der Waals surface area contributed by atoms with E-state index in [0.29, 0.717) is 16.3 Å². The van der Waals surface area contributed by atoms with Crippen LogP contribution < -0.4 is 10.6 Å². The van der Waals surface area contributed by atoms with Gasteiger partial charge >= 0.3 is 0 Å². The number of hydrogen-bond acceptors (Lipinski definition) is 9. The van der Waals surface area contributed by atoms with Crippen molar-refractivity contribution in [2.45, 2.75) is 25.2 Å². The number of benzene rings is 2. The van der Waals surface area contributed by atoms with Crippen LogP contribution in [0.15, 0.2) is 52.5 Å². The van der Waals surface area contributed by atoms with Gasteiger partial charge in [0.05, 0.1) is 27.5 Å². The molecule has 0 spiro atoms. The van der Waals surface area contributed by atoms with Crippen LogP contribution >= 0.6 is 11.6 Å². The number of carbonyl (C=O) groups excluding carboxylic acids is 2. The van der Waals surface area contributed by atoms with Gasteiger partial charge in [0.15, 0.2) is 21.4 Å². The van der Waals surface area contributed by atoms with Gasteiger partial charge < -0.3 is 15.8 Å². The van der Waals surface area contributed by atoms with E-state index in [1.54, 1.807) is 26.0 Å². The van der Waals surface area contributed by atoms with E-state index >= 15 is 0 Å². The van der Waals surface area contributed by atoms with Gasteiger partial charge in [-0.2, -0.15) is 9.78 Å². The number of aryl methyl sites for hydroxylation is 2. The number of hydrogen-bond donors (Lipinski definition) is 2. The number of nitrogen functional groups attached to an aromatic ring is 1. The Labute approximate surface area is 205 Å². The molecule has 182 valence electrons. The molecule has 0 radical (unpaired) electrons. The third-order valence-corrected chi connectivity index (χ3v) is 7.62. The molecule has 2 amide bonds. The van der Waals surface area contributed by atoms with Crippen LogP contribution in [0.2, 0.25) is 5.02 Å². The Morgan fingerprint density at radius 2 is 1.77 bits per heavy atom. The van der Waals surface area contributed by atoms with E-state index in [9.17, 15) is 23.2 Å². The molecule has 35 heavy (non-hydrogen) atoms. The molecule has 3 aromatic rings. The Morgan fingerprint density at radius 1 is 1.14 bits per heavy atom. The number of sulfone groups is 1. The molecule has 11 nitrogen and oxygen atoms in total. The predicted molar refractivity (Wildman–Crippen MR) is 126 cm³/mol. The minimum absolute atomic E-state index is 0.0151. The fourth-order valence-corrected chi connectivity index (χ4v) is 4.85. The average Bonchev–Trinajstić information content (AvgIpc) is 3.23. The van der Waals surface area contributed by atoms with E-state index in [1.165, 1.54) is 30.3 Å². The minimum Gasteiger partial charge on any atom is -0.409 e. The SMILES string of the molecule is Cc1ccc(S(=O)(=O)CCC(=NO)n2nc(C)c(Cl)c2N)cc1ON1C(=O)c2ccccc2C1=O. The highest BCUT2D eigenvalue weighted by molar-refractivity contribution is 7.91. The quantitative estimate of drug-likeness (QED) is 0.166. The number of carbonyl (C=O) groups is 2. The molecular formula is C22H20ClN5O6S. The molecule has 3 N–H and O–H groups in total. The molecule has 0 saturated carbocycles. The lowest BCUT2D eigenvalue weighted by Gasteiger charge is -2.17. The maximum Gasteiger partial charge on any atom is 0.295 e. The Morgan fingerprint density at radius 3 is 2.31 bits per heavy atom. The molecule has 0 fully saturated rings. The van der Waals surface area contributed by atoms with E-state index in [0.717, 1.165) is 4.68 Å². The van der Waals surface area contributed by atoms with Gasteiger partial charge in [0.2, 0.25) is 0 Å². The molecule has 0 aliphatic carbocycles. The number of nitrogens with zero attached hydrogens (tertiary/aromatic N) is 4. The number of nitrogens with two attached hydrogens (primary N) is 1. The molecule has 1 aromatic heterocycles. The Kier molecular flexibility index (Phi) is 6.26. The molecule has 0 bridgehead atoms. The van der Waals surface area contributed by atoms with Gasteiger partial charge in [-0.25, -0.2) is 8.42 Å². The van der Waals surface area contributed by atoms with E-state index in [2.05, 4.69) is 10.3 Å². The fourth-order valence-electron chi connectivity index (χ4n) is 3.49. The molecule has 2 aromatic carbocycles. The summed E-state index contributed by atoms with van der Waals surface area (Å²) in [6.07, 6.45) is -0.233. The lowest BCUT2D eigenvalue weighted by molar-refractivity contribution is -0.0145. The fraction of sp³-hybridized carbons (Fsp3) is 0.182. The lowest BCUT2D eigenvalue weighted by atomic mass is 10.1. The third kappa shape index (κ3) is 4.33. The molecule has 0 unspecified atom stereocenters. The topological polar surface area (TPSA) is 157 Å². The summed E-state index contributed by atoms with van der Waals surface area (Å²) in [6.45, 7) is 3.25. The van der Waals surface area contributed by atoms with Crippen LogP contribution in [0.1, 0.15) is 38.4 Å². The van der Waals surface area contributed by atoms with Crippen molar-refractivity contribution in [1.29, 1.82) is 0 Å². The standard InChI is InChI=1S/C22H20ClN5O6S/c1-12-7-8-14(11-17(12)34-28-21(29)15-5-3-4-6-16(15)22(28)30)35(32,33)10-9-18(26-31)27-20(24)19(23)13(2)25-27/h3-8,11,31H,9-10,24H2,1-2H3. The summed E-state index contributed by atoms with van der Waals surface area (Å²) in [5, 5.41) is 17.3. The van der Waals surface area contributed by atoms with Crippen LogP contribution in [0.5, 0.6) is 5.75 Å². The number of aromatic nitrogens is 2. The number of rotatable bonds is 6. The second kappa shape index (κ2) is 9.04. The number of hydroxylamine groups is 2. The van der Waals surface area contributed by atoms with E-state index in [-0.39, 0.29) is 44.9 Å². The molecule has 0 atom stereocenters. The first-order valence-corrected chi connectivity index (χ1v) is 12.3. The number of amides is 2. The van der Waals surface area contributed by atoms with Crippen molar-refractivity contribution < 1.29 is 28.1 Å². The molecule has 13 heteroatoms. The van der Waals surface area contributed by atoms with Gasteiger partial charge in [0.25, 0.3) is 11.8 Å². The van der Waals surface area contributed by atoms with Crippen molar-refractivity contribution >= 4 is 44.9 Å². The molecule has 1 aliphatic heterocycles. The number of oxime groups is 1. The summed E-state index contributed by atoms with van der Waals surface area (Å²) in [5.74, 6) is -1.83. The number of imide groups is 1. The summed E-state index contributed by atoms with van der Waals surface area (Å²) < 4.78 is 27.1. The number of anilines is 1. The summed E-state index contributed by atoms with van der Waals surface area (Å²) in [5.41, 5.74) is 7.14. The third-order valence-electron chi connectivity index (χ3n) is 5.44. The molecular weight excluding hydrogens is 498 g/mol. The highest BCUT2D eigenvalue weighted by atomic mass is 35.5. The van der Waals surface area contributed by atoms with Crippen LogP contribution in [0, 0.1) is 13.8 Å². The summed E-state index contributed by atoms with van der Waals surface area (Å²) in [4.78, 5) is 30.6. The first-order chi connectivity index (χ1) is 16.5. The average molecular weight is 518 g/mol. The highest BCUT2D eigenvalue weighted by Crippen LogP contribution is 2.29. The first-order valence-electron chi connectivity index (χ1n) is 10.3.